The van der Waals surface area contributed by atoms with E-state index in [2.05, 4.69) is 13.0 Å². The molecule has 0 aliphatic rings. The Kier molecular flexibility index (Phi) is 4.59. The summed E-state index contributed by atoms with van der Waals surface area (Å²) in [5, 5.41) is 8.91. The molecule has 0 aromatic carbocycles. The summed E-state index contributed by atoms with van der Waals surface area (Å²) in [6.07, 6.45) is 4.39. The van der Waals surface area contributed by atoms with Crippen LogP contribution < -0.4 is 0 Å². The number of methoxy groups -OCH3 is 1. The van der Waals surface area contributed by atoms with Crippen LogP contribution in [0.4, 0.5) is 0 Å². The number of hydrogen-bond acceptors (Lipinski definition) is 3. The summed E-state index contributed by atoms with van der Waals surface area (Å²) in [6.45, 7) is 2.06. The first-order valence-corrected chi connectivity index (χ1v) is 5.39. The van der Waals surface area contributed by atoms with Gasteiger partial charge in [-0.1, -0.05) is 19.8 Å². The zero-order chi connectivity index (χ0) is 12.0. The molecule has 1 aromatic heterocycles. The van der Waals surface area contributed by atoms with Crippen LogP contribution in [0.15, 0.2) is 18.3 Å². The quantitative estimate of drug-likeness (QED) is 0.715. The molecule has 0 spiro atoms. The molecule has 0 amide bonds. The molecule has 1 aromatic rings. The van der Waals surface area contributed by atoms with Crippen molar-refractivity contribution in [3.63, 3.8) is 0 Å². The highest BCUT2D eigenvalue weighted by molar-refractivity contribution is 5.74. The van der Waals surface area contributed by atoms with E-state index in [0.717, 1.165) is 12.8 Å². The molecular weight excluding hydrogens is 204 g/mol. The van der Waals surface area contributed by atoms with Crippen LogP contribution in [0.25, 0.3) is 0 Å². The van der Waals surface area contributed by atoms with E-state index < -0.39 is 0 Å². The van der Waals surface area contributed by atoms with Gasteiger partial charge in [0.2, 0.25) is 0 Å². The molecule has 0 saturated carbocycles. The summed E-state index contributed by atoms with van der Waals surface area (Å²) in [4.78, 5) is 11.6. The maximum Gasteiger partial charge on any atom is 0.328 e. The minimum Gasteiger partial charge on any atom is -0.467 e. The predicted octanol–water partition coefficient (Wildman–Crippen LogP) is 2.26. The van der Waals surface area contributed by atoms with Crippen molar-refractivity contribution in [3.05, 3.63) is 24.0 Å². The van der Waals surface area contributed by atoms with Gasteiger partial charge >= 0.3 is 5.97 Å². The van der Waals surface area contributed by atoms with Gasteiger partial charge in [-0.05, 0) is 18.6 Å². The van der Waals surface area contributed by atoms with E-state index in [1.165, 1.54) is 7.11 Å². The first-order chi connectivity index (χ1) is 7.74. The second-order valence-electron chi connectivity index (χ2n) is 3.59. The Bertz CT molecular complexity index is 390. The van der Waals surface area contributed by atoms with Gasteiger partial charge in [0.15, 0.2) is 0 Å². The molecule has 0 saturated heterocycles. The van der Waals surface area contributed by atoms with Crippen molar-refractivity contribution in [1.29, 1.82) is 5.26 Å². The highest BCUT2D eigenvalue weighted by Crippen LogP contribution is 2.19. The van der Waals surface area contributed by atoms with Crippen molar-refractivity contribution in [2.75, 3.05) is 7.11 Å². The Morgan fingerprint density at radius 3 is 3.00 bits per heavy atom. The SMILES string of the molecule is CCCCC(C(=O)OC)n1cccc1C#N. The van der Waals surface area contributed by atoms with Crippen molar-refractivity contribution in [3.8, 4) is 6.07 Å². The van der Waals surface area contributed by atoms with E-state index in [0.29, 0.717) is 12.1 Å². The summed E-state index contributed by atoms with van der Waals surface area (Å²) in [7, 11) is 1.37. The van der Waals surface area contributed by atoms with E-state index in [9.17, 15) is 4.79 Å². The number of nitriles is 1. The number of hydrogen-bond donors (Lipinski definition) is 0. The van der Waals surface area contributed by atoms with Gasteiger partial charge in [0.1, 0.15) is 17.8 Å². The Labute approximate surface area is 95.4 Å². The average Bonchev–Trinajstić information content (AvgIpc) is 2.77. The molecule has 86 valence electrons. The summed E-state index contributed by atoms with van der Waals surface area (Å²) in [6, 6.07) is 5.15. The van der Waals surface area contributed by atoms with Crippen molar-refractivity contribution in [1.82, 2.24) is 4.57 Å². The first-order valence-electron chi connectivity index (χ1n) is 5.39. The molecule has 0 aliphatic carbocycles. The standard InChI is InChI=1S/C12H16N2O2/c1-3-4-7-11(12(15)16-2)14-8-5-6-10(14)9-13/h5-6,8,11H,3-4,7H2,1-2H3. The van der Waals surface area contributed by atoms with Crippen LogP contribution in [0, 0.1) is 11.3 Å². The Morgan fingerprint density at radius 2 is 2.44 bits per heavy atom. The lowest BCUT2D eigenvalue weighted by molar-refractivity contribution is -0.144. The molecule has 0 N–H and O–H groups in total. The number of nitrogens with zero attached hydrogens (tertiary/aromatic N) is 2. The molecule has 0 radical (unpaired) electrons. The van der Waals surface area contributed by atoms with Crippen LogP contribution in [-0.2, 0) is 9.53 Å². The number of aromatic nitrogens is 1. The third-order valence-electron chi connectivity index (χ3n) is 2.53. The van der Waals surface area contributed by atoms with Crippen LogP contribution >= 0.6 is 0 Å². The van der Waals surface area contributed by atoms with Gasteiger partial charge in [0, 0.05) is 6.20 Å². The largest absolute Gasteiger partial charge is 0.467 e. The Balaban J connectivity index is 2.92. The molecule has 4 heteroatoms. The number of carbonyl (C=O) groups is 1. The summed E-state index contributed by atoms with van der Waals surface area (Å²) in [5.74, 6) is -0.291. The lowest BCUT2D eigenvalue weighted by atomic mass is 10.1. The minimum absolute atomic E-state index is 0.291. The van der Waals surface area contributed by atoms with Gasteiger partial charge < -0.3 is 9.30 Å². The predicted molar refractivity (Wildman–Crippen MR) is 59.7 cm³/mol. The monoisotopic (exact) mass is 220 g/mol. The molecule has 16 heavy (non-hydrogen) atoms. The average molecular weight is 220 g/mol. The fourth-order valence-electron chi connectivity index (χ4n) is 1.66. The van der Waals surface area contributed by atoms with Gasteiger partial charge in [-0.15, -0.1) is 0 Å². The second-order valence-corrected chi connectivity index (χ2v) is 3.59. The van der Waals surface area contributed by atoms with Crippen molar-refractivity contribution in [2.24, 2.45) is 0 Å². The van der Waals surface area contributed by atoms with Crippen LogP contribution in [0.2, 0.25) is 0 Å². The lowest BCUT2D eigenvalue weighted by Gasteiger charge is -2.17. The first kappa shape index (κ1) is 12.3. The van der Waals surface area contributed by atoms with Crippen LogP contribution in [0.1, 0.15) is 37.9 Å². The van der Waals surface area contributed by atoms with Gasteiger partial charge in [-0.2, -0.15) is 5.26 Å². The maximum absolute atomic E-state index is 11.6. The fourth-order valence-corrected chi connectivity index (χ4v) is 1.66. The van der Waals surface area contributed by atoms with Gasteiger partial charge in [-0.25, -0.2) is 4.79 Å². The third kappa shape index (κ3) is 2.63. The van der Waals surface area contributed by atoms with Gasteiger partial charge in [-0.3, -0.25) is 0 Å². The number of rotatable bonds is 5. The van der Waals surface area contributed by atoms with E-state index in [-0.39, 0.29) is 12.0 Å². The number of carbonyl (C=O) groups excluding carboxylic acids is 1. The lowest BCUT2D eigenvalue weighted by Crippen LogP contribution is -2.21. The van der Waals surface area contributed by atoms with Crippen LogP contribution in [0.5, 0.6) is 0 Å². The molecule has 1 atom stereocenters. The maximum atomic E-state index is 11.6. The van der Waals surface area contributed by atoms with Crippen LogP contribution in [0.3, 0.4) is 0 Å². The minimum atomic E-state index is -0.380. The summed E-state index contributed by atoms with van der Waals surface area (Å²) < 4.78 is 6.45. The van der Waals surface area contributed by atoms with Gasteiger partial charge in [0.05, 0.1) is 7.11 Å². The molecule has 0 fully saturated rings. The number of esters is 1. The molecule has 1 heterocycles. The van der Waals surface area contributed by atoms with Crippen molar-refractivity contribution < 1.29 is 9.53 Å². The summed E-state index contributed by atoms with van der Waals surface area (Å²) in [5.41, 5.74) is 0.492. The second kappa shape index (κ2) is 5.96. The van der Waals surface area contributed by atoms with E-state index in [1.54, 1.807) is 22.9 Å². The third-order valence-corrected chi connectivity index (χ3v) is 2.53. The number of unbranched alkanes of at least 4 members (excludes halogenated alkanes) is 1. The van der Waals surface area contributed by atoms with E-state index in [4.69, 9.17) is 10.00 Å². The van der Waals surface area contributed by atoms with Gasteiger partial charge in [0.25, 0.3) is 0 Å². The van der Waals surface area contributed by atoms with Crippen LogP contribution in [-0.4, -0.2) is 17.6 Å². The molecule has 1 unspecified atom stereocenters. The van der Waals surface area contributed by atoms with E-state index >= 15 is 0 Å². The number of ether oxygens (including phenoxy) is 1. The topological polar surface area (TPSA) is 55.0 Å². The molecule has 0 bridgehead atoms. The molecule has 1 rings (SSSR count). The van der Waals surface area contributed by atoms with Crippen molar-refractivity contribution in [2.45, 2.75) is 32.2 Å². The zero-order valence-corrected chi connectivity index (χ0v) is 9.64. The highest BCUT2D eigenvalue weighted by Gasteiger charge is 2.21. The zero-order valence-electron chi connectivity index (χ0n) is 9.64. The molecule has 4 nitrogen and oxygen atoms in total. The normalized spacial score (nSPS) is 11.8. The highest BCUT2D eigenvalue weighted by atomic mass is 16.5. The smallest absolute Gasteiger partial charge is 0.328 e. The van der Waals surface area contributed by atoms with E-state index in [1.807, 2.05) is 0 Å². The Morgan fingerprint density at radius 1 is 1.69 bits per heavy atom. The molecular formula is C12H16N2O2. The molecule has 0 aliphatic heterocycles. The Hall–Kier alpha value is -1.76. The summed E-state index contributed by atoms with van der Waals surface area (Å²) >= 11 is 0. The fraction of sp³-hybridized carbons (Fsp3) is 0.500. The van der Waals surface area contributed by atoms with Crippen molar-refractivity contribution >= 4 is 5.97 Å².